The fourth-order valence-corrected chi connectivity index (χ4v) is 4.32. The van der Waals surface area contributed by atoms with Gasteiger partial charge in [0.2, 0.25) is 0 Å². The average Bonchev–Trinajstić information content (AvgIpc) is 3.01. The summed E-state index contributed by atoms with van der Waals surface area (Å²) in [6, 6.07) is 2.10. The smallest absolute Gasteiger partial charge is 0.308 e. The van der Waals surface area contributed by atoms with Gasteiger partial charge in [-0.05, 0) is 29.9 Å². The predicted molar refractivity (Wildman–Crippen MR) is 110 cm³/mol. The maximum absolute atomic E-state index is 10.8. The fraction of sp³-hybridized carbons (Fsp3) is 0.773. The summed E-state index contributed by atoms with van der Waals surface area (Å²) in [5, 5.41) is 10.9. The molecule has 25 heavy (non-hydrogen) atoms. The van der Waals surface area contributed by atoms with Crippen LogP contribution in [0.25, 0.3) is 0 Å². The average molecular weight is 367 g/mol. The molecule has 0 aliphatic heterocycles. The zero-order valence-corrected chi connectivity index (χ0v) is 17.0. The van der Waals surface area contributed by atoms with Crippen LogP contribution in [-0.4, -0.2) is 11.1 Å². The first-order chi connectivity index (χ1) is 12.2. The molecule has 144 valence electrons. The summed E-state index contributed by atoms with van der Waals surface area (Å²) in [5.74, 6) is -0.718. The van der Waals surface area contributed by atoms with Crippen molar-refractivity contribution in [3.05, 3.63) is 21.9 Å². The van der Waals surface area contributed by atoms with E-state index in [4.69, 9.17) is 5.11 Å². The molecule has 0 aliphatic rings. The first-order valence-electron chi connectivity index (χ1n) is 10.5. The van der Waals surface area contributed by atoms with E-state index in [9.17, 15) is 4.79 Å². The third-order valence-electron chi connectivity index (χ3n) is 4.95. The Bertz CT molecular complexity index is 439. The summed E-state index contributed by atoms with van der Waals surface area (Å²) in [7, 11) is 0. The van der Waals surface area contributed by atoms with Crippen LogP contribution in [0.5, 0.6) is 0 Å². The Kier molecular flexibility index (Phi) is 13.7. The van der Waals surface area contributed by atoms with Crippen LogP contribution in [0.15, 0.2) is 11.4 Å². The highest BCUT2D eigenvalue weighted by molar-refractivity contribution is 7.10. The third-order valence-corrected chi connectivity index (χ3v) is 5.91. The van der Waals surface area contributed by atoms with Gasteiger partial charge in [-0.15, -0.1) is 11.3 Å². The Morgan fingerprint density at radius 2 is 1.32 bits per heavy atom. The van der Waals surface area contributed by atoms with E-state index in [1.165, 1.54) is 95.5 Å². The first kappa shape index (κ1) is 22.2. The Hall–Kier alpha value is -0.830. The van der Waals surface area contributed by atoms with Crippen LogP contribution in [0.3, 0.4) is 0 Å². The lowest BCUT2D eigenvalue weighted by Crippen LogP contribution is -2.00. The molecule has 0 saturated carbocycles. The monoisotopic (exact) mass is 366 g/mol. The lowest BCUT2D eigenvalue weighted by molar-refractivity contribution is -0.136. The minimum Gasteiger partial charge on any atom is -0.481 e. The van der Waals surface area contributed by atoms with Crippen LogP contribution < -0.4 is 0 Å². The van der Waals surface area contributed by atoms with Crippen molar-refractivity contribution >= 4 is 17.3 Å². The molecule has 0 radical (unpaired) electrons. The zero-order chi connectivity index (χ0) is 18.2. The van der Waals surface area contributed by atoms with Gasteiger partial charge in [0.25, 0.3) is 0 Å². The van der Waals surface area contributed by atoms with Gasteiger partial charge in [0.1, 0.15) is 0 Å². The molecular weight excluding hydrogens is 328 g/mol. The van der Waals surface area contributed by atoms with Crippen LogP contribution in [-0.2, 0) is 17.6 Å². The predicted octanol–water partition coefficient (Wildman–Crippen LogP) is 7.40. The third kappa shape index (κ3) is 12.2. The summed E-state index contributed by atoms with van der Waals surface area (Å²) < 4.78 is 0. The second-order valence-electron chi connectivity index (χ2n) is 7.29. The van der Waals surface area contributed by atoms with Gasteiger partial charge in [0.05, 0.1) is 6.42 Å². The molecule has 0 amide bonds. The molecule has 0 bridgehead atoms. The SMILES string of the molecule is CCCCCCCCCCCCCCCCc1ccsc1CC(=O)O. The topological polar surface area (TPSA) is 37.3 Å². The van der Waals surface area contributed by atoms with E-state index in [0.29, 0.717) is 0 Å². The van der Waals surface area contributed by atoms with Crippen molar-refractivity contribution in [2.75, 3.05) is 0 Å². The van der Waals surface area contributed by atoms with E-state index in [0.717, 1.165) is 11.3 Å². The maximum atomic E-state index is 10.8. The number of unbranched alkanes of at least 4 members (excludes halogenated alkanes) is 13. The van der Waals surface area contributed by atoms with E-state index < -0.39 is 5.97 Å². The summed E-state index contributed by atoms with van der Waals surface area (Å²) in [6.45, 7) is 2.28. The summed E-state index contributed by atoms with van der Waals surface area (Å²) in [5.41, 5.74) is 1.26. The van der Waals surface area contributed by atoms with Gasteiger partial charge < -0.3 is 5.11 Å². The molecule has 0 aliphatic carbocycles. The normalized spacial score (nSPS) is 11.1. The Labute approximate surface area is 159 Å². The van der Waals surface area contributed by atoms with Crippen molar-refractivity contribution in [2.24, 2.45) is 0 Å². The number of carboxylic acid groups (broad SMARTS) is 1. The molecule has 0 unspecified atom stereocenters. The lowest BCUT2D eigenvalue weighted by atomic mass is 10.0. The van der Waals surface area contributed by atoms with Crippen molar-refractivity contribution < 1.29 is 9.90 Å². The minimum atomic E-state index is -0.718. The van der Waals surface area contributed by atoms with Gasteiger partial charge >= 0.3 is 5.97 Å². The summed E-state index contributed by atoms with van der Waals surface area (Å²) in [6.07, 6.45) is 20.5. The van der Waals surface area contributed by atoms with E-state index in [2.05, 4.69) is 13.0 Å². The lowest BCUT2D eigenvalue weighted by Gasteiger charge is -2.04. The molecular formula is C22H38O2S. The van der Waals surface area contributed by atoms with Gasteiger partial charge in [-0.1, -0.05) is 90.4 Å². The number of hydrogen-bond acceptors (Lipinski definition) is 2. The molecule has 1 heterocycles. The Balaban J connectivity index is 1.86. The van der Waals surface area contributed by atoms with Gasteiger partial charge in [0.15, 0.2) is 0 Å². The van der Waals surface area contributed by atoms with Crippen molar-refractivity contribution in [1.29, 1.82) is 0 Å². The van der Waals surface area contributed by atoms with E-state index in [1.807, 2.05) is 5.38 Å². The van der Waals surface area contributed by atoms with Crippen molar-refractivity contribution in [2.45, 2.75) is 110 Å². The maximum Gasteiger partial charge on any atom is 0.308 e. The Morgan fingerprint density at radius 1 is 0.840 bits per heavy atom. The van der Waals surface area contributed by atoms with Gasteiger partial charge in [-0.3, -0.25) is 4.79 Å². The highest BCUT2D eigenvalue weighted by atomic mass is 32.1. The Morgan fingerprint density at radius 3 is 1.80 bits per heavy atom. The fourth-order valence-electron chi connectivity index (χ4n) is 3.39. The number of rotatable bonds is 17. The molecule has 1 N–H and O–H groups in total. The van der Waals surface area contributed by atoms with Crippen LogP contribution in [0.4, 0.5) is 0 Å². The van der Waals surface area contributed by atoms with Crippen LogP contribution in [0, 0.1) is 0 Å². The van der Waals surface area contributed by atoms with E-state index in [1.54, 1.807) is 11.3 Å². The second kappa shape index (κ2) is 15.4. The molecule has 1 rings (SSSR count). The van der Waals surface area contributed by atoms with Gasteiger partial charge in [-0.2, -0.15) is 0 Å². The number of carbonyl (C=O) groups is 1. The van der Waals surface area contributed by atoms with Crippen LogP contribution >= 0.6 is 11.3 Å². The molecule has 1 aromatic heterocycles. The minimum absolute atomic E-state index is 0.186. The number of aliphatic carboxylic acids is 1. The number of aryl methyl sites for hydroxylation is 1. The quantitative estimate of drug-likeness (QED) is 0.292. The highest BCUT2D eigenvalue weighted by Crippen LogP contribution is 2.20. The van der Waals surface area contributed by atoms with Crippen molar-refractivity contribution in [3.63, 3.8) is 0 Å². The number of thiophene rings is 1. The summed E-state index contributed by atoms with van der Waals surface area (Å²) >= 11 is 1.58. The molecule has 0 spiro atoms. The highest BCUT2D eigenvalue weighted by Gasteiger charge is 2.07. The number of carboxylic acids is 1. The van der Waals surface area contributed by atoms with Crippen LogP contribution in [0.2, 0.25) is 0 Å². The van der Waals surface area contributed by atoms with Crippen molar-refractivity contribution in [3.8, 4) is 0 Å². The summed E-state index contributed by atoms with van der Waals surface area (Å²) in [4.78, 5) is 11.9. The molecule has 2 nitrogen and oxygen atoms in total. The first-order valence-corrected chi connectivity index (χ1v) is 11.4. The van der Waals surface area contributed by atoms with Gasteiger partial charge in [0, 0.05) is 4.88 Å². The zero-order valence-electron chi connectivity index (χ0n) is 16.2. The standard InChI is InChI=1S/C22H38O2S/c1-2-3-4-5-6-7-8-9-10-11-12-13-14-15-16-20-17-18-25-21(20)19-22(23)24/h17-18H,2-16,19H2,1H3,(H,23,24). The molecule has 3 heteroatoms. The molecule has 0 saturated heterocycles. The van der Waals surface area contributed by atoms with Crippen molar-refractivity contribution in [1.82, 2.24) is 0 Å². The van der Waals surface area contributed by atoms with Crippen LogP contribution in [0.1, 0.15) is 107 Å². The number of hydrogen-bond donors (Lipinski definition) is 1. The largest absolute Gasteiger partial charge is 0.481 e. The molecule has 0 aromatic carbocycles. The van der Waals surface area contributed by atoms with E-state index in [-0.39, 0.29) is 6.42 Å². The second-order valence-corrected chi connectivity index (χ2v) is 8.29. The molecule has 1 aromatic rings. The molecule has 0 fully saturated rings. The molecule has 0 atom stereocenters. The van der Waals surface area contributed by atoms with Gasteiger partial charge in [-0.25, -0.2) is 0 Å². The van der Waals surface area contributed by atoms with E-state index >= 15 is 0 Å².